The second kappa shape index (κ2) is 8.46. The lowest BCUT2D eigenvalue weighted by Crippen LogP contribution is -2.24. The van der Waals surface area contributed by atoms with Gasteiger partial charge in [-0.1, -0.05) is 41.6 Å². The number of esters is 1. The van der Waals surface area contributed by atoms with Gasteiger partial charge in [0.05, 0.1) is 41.4 Å². The number of fused-ring (bicyclic) bond motifs is 1. The van der Waals surface area contributed by atoms with E-state index in [4.69, 9.17) is 16.3 Å². The highest BCUT2D eigenvalue weighted by Gasteiger charge is 2.17. The van der Waals surface area contributed by atoms with Crippen LogP contribution in [0.3, 0.4) is 0 Å². The van der Waals surface area contributed by atoms with Gasteiger partial charge >= 0.3 is 5.97 Å². The molecule has 28 heavy (non-hydrogen) atoms. The number of rotatable bonds is 5. The van der Waals surface area contributed by atoms with E-state index in [-0.39, 0.29) is 12.1 Å². The number of ether oxygens (including phenoxy) is 1. The number of hydrogen-bond donors (Lipinski definition) is 0. The molecule has 0 fully saturated rings. The Kier molecular flexibility index (Phi) is 6.02. The number of hydrogen-bond acceptors (Lipinski definition) is 6. The van der Waals surface area contributed by atoms with Crippen LogP contribution >= 0.6 is 23.4 Å². The Balaban J connectivity index is 2.20. The lowest BCUT2D eigenvalue weighted by molar-refractivity contribution is 0.0601. The number of aromatic nitrogens is 2. The summed E-state index contributed by atoms with van der Waals surface area (Å²) in [5.74, 6) is -0.511. The van der Waals surface area contributed by atoms with Gasteiger partial charge in [-0.25, -0.2) is 9.78 Å². The van der Waals surface area contributed by atoms with Crippen LogP contribution < -0.4 is 5.56 Å². The van der Waals surface area contributed by atoms with Crippen LogP contribution in [0, 0.1) is 11.3 Å². The van der Waals surface area contributed by atoms with E-state index in [0.29, 0.717) is 26.6 Å². The standard InChI is InChI=1S/C20H16ClN3O3S/c1-12(10-22)28-20-23-17-9-13(19(26)27-2)7-8-15(17)18(25)24(20)11-14-5-3-4-6-16(14)21/h3-9,12H,11H2,1-2H3/t12-/m1/s1. The van der Waals surface area contributed by atoms with Crippen molar-refractivity contribution in [1.82, 2.24) is 9.55 Å². The van der Waals surface area contributed by atoms with E-state index in [1.54, 1.807) is 19.1 Å². The highest BCUT2D eigenvalue weighted by molar-refractivity contribution is 8.00. The van der Waals surface area contributed by atoms with E-state index in [2.05, 4.69) is 11.1 Å². The molecule has 1 heterocycles. The molecule has 1 atom stereocenters. The van der Waals surface area contributed by atoms with Gasteiger partial charge in [-0.3, -0.25) is 9.36 Å². The smallest absolute Gasteiger partial charge is 0.337 e. The first-order chi connectivity index (χ1) is 13.4. The first-order valence-corrected chi connectivity index (χ1v) is 9.63. The van der Waals surface area contributed by atoms with Gasteiger partial charge < -0.3 is 4.74 Å². The van der Waals surface area contributed by atoms with Gasteiger partial charge in [0.2, 0.25) is 0 Å². The van der Waals surface area contributed by atoms with Gasteiger partial charge in [0, 0.05) is 5.02 Å². The second-order valence-corrected chi connectivity index (χ2v) is 7.70. The first-order valence-electron chi connectivity index (χ1n) is 8.37. The summed E-state index contributed by atoms with van der Waals surface area (Å²) in [4.78, 5) is 29.5. The normalized spacial score (nSPS) is 11.8. The third-order valence-electron chi connectivity index (χ3n) is 4.09. The molecule has 0 aliphatic heterocycles. The fourth-order valence-electron chi connectivity index (χ4n) is 2.66. The van der Waals surface area contributed by atoms with Crippen LogP contribution in [0.4, 0.5) is 0 Å². The number of nitrogens with zero attached hydrogens (tertiary/aromatic N) is 3. The summed E-state index contributed by atoms with van der Waals surface area (Å²) in [7, 11) is 1.29. The molecule has 0 amide bonds. The number of thioether (sulfide) groups is 1. The molecule has 0 aliphatic carbocycles. The van der Waals surface area contributed by atoms with Crippen molar-refractivity contribution in [2.75, 3.05) is 7.11 Å². The predicted octanol–water partition coefficient (Wildman–Crippen LogP) is 3.89. The summed E-state index contributed by atoms with van der Waals surface area (Å²) in [5.41, 5.74) is 1.17. The summed E-state index contributed by atoms with van der Waals surface area (Å²) in [6.45, 7) is 1.95. The Morgan fingerprint density at radius 2 is 2.11 bits per heavy atom. The third-order valence-corrected chi connectivity index (χ3v) is 5.44. The Morgan fingerprint density at radius 1 is 1.36 bits per heavy atom. The van der Waals surface area contributed by atoms with Crippen molar-refractivity contribution in [2.45, 2.75) is 23.9 Å². The average Bonchev–Trinajstić information content (AvgIpc) is 2.71. The molecule has 0 unspecified atom stereocenters. The van der Waals surface area contributed by atoms with Crippen molar-refractivity contribution in [1.29, 1.82) is 5.26 Å². The maximum atomic E-state index is 13.2. The summed E-state index contributed by atoms with van der Waals surface area (Å²) in [5, 5.41) is 10.1. The minimum absolute atomic E-state index is 0.223. The molecule has 0 saturated carbocycles. The van der Waals surface area contributed by atoms with Crippen molar-refractivity contribution in [2.24, 2.45) is 0 Å². The van der Waals surface area contributed by atoms with Crippen molar-refractivity contribution >= 4 is 40.2 Å². The Labute approximate surface area is 170 Å². The van der Waals surface area contributed by atoms with Crippen LogP contribution in [-0.2, 0) is 11.3 Å². The van der Waals surface area contributed by atoms with E-state index in [9.17, 15) is 14.9 Å². The van der Waals surface area contributed by atoms with Crippen LogP contribution in [0.1, 0.15) is 22.8 Å². The fraction of sp³-hybridized carbons (Fsp3) is 0.200. The number of benzene rings is 2. The Morgan fingerprint density at radius 3 is 2.79 bits per heavy atom. The lowest BCUT2D eigenvalue weighted by atomic mass is 10.1. The number of halogens is 1. The van der Waals surface area contributed by atoms with E-state index in [0.717, 1.165) is 5.56 Å². The quantitative estimate of drug-likeness (QED) is 0.358. The van der Waals surface area contributed by atoms with Crippen molar-refractivity contribution in [3.8, 4) is 6.07 Å². The molecule has 6 nitrogen and oxygen atoms in total. The van der Waals surface area contributed by atoms with Crippen molar-refractivity contribution in [3.63, 3.8) is 0 Å². The molecule has 0 saturated heterocycles. The molecule has 1 aromatic heterocycles. The van der Waals surface area contributed by atoms with Gasteiger partial charge in [-0.15, -0.1) is 0 Å². The maximum absolute atomic E-state index is 13.2. The molecular formula is C20H16ClN3O3S. The third kappa shape index (κ3) is 4.03. The van der Waals surface area contributed by atoms with E-state index in [1.807, 2.05) is 18.2 Å². The van der Waals surface area contributed by atoms with Crippen LogP contribution in [0.2, 0.25) is 5.02 Å². The fourth-order valence-corrected chi connectivity index (χ4v) is 3.65. The summed E-state index contributed by atoms with van der Waals surface area (Å²) in [6, 6.07) is 14.0. The zero-order valence-corrected chi connectivity index (χ0v) is 16.8. The lowest BCUT2D eigenvalue weighted by Gasteiger charge is -2.15. The van der Waals surface area contributed by atoms with Crippen LogP contribution in [0.5, 0.6) is 0 Å². The van der Waals surface area contributed by atoms with Gasteiger partial charge in [0.25, 0.3) is 5.56 Å². The van der Waals surface area contributed by atoms with Crippen LogP contribution in [0.25, 0.3) is 10.9 Å². The van der Waals surface area contributed by atoms with Crippen LogP contribution in [0.15, 0.2) is 52.4 Å². The zero-order valence-electron chi connectivity index (χ0n) is 15.2. The molecule has 0 aliphatic rings. The van der Waals surface area contributed by atoms with Gasteiger partial charge in [0.1, 0.15) is 0 Å². The first kappa shape index (κ1) is 19.9. The maximum Gasteiger partial charge on any atom is 0.337 e. The minimum atomic E-state index is -0.511. The van der Waals surface area contributed by atoms with Gasteiger partial charge in [0.15, 0.2) is 5.16 Å². The molecular weight excluding hydrogens is 398 g/mol. The molecule has 3 aromatic rings. The zero-order chi connectivity index (χ0) is 20.3. The number of methoxy groups -OCH3 is 1. The molecule has 0 N–H and O–H groups in total. The minimum Gasteiger partial charge on any atom is -0.465 e. The molecule has 8 heteroatoms. The van der Waals surface area contributed by atoms with E-state index in [1.165, 1.54) is 35.6 Å². The van der Waals surface area contributed by atoms with E-state index < -0.39 is 11.2 Å². The monoisotopic (exact) mass is 413 g/mol. The highest BCUT2D eigenvalue weighted by Crippen LogP contribution is 2.25. The molecule has 3 rings (SSSR count). The molecule has 2 aromatic carbocycles. The molecule has 142 valence electrons. The van der Waals surface area contributed by atoms with Crippen molar-refractivity contribution in [3.05, 3.63) is 69.0 Å². The average molecular weight is 414 g/mol. The molecule has 0 radical (unpaired) electrons. The Hall–Kier alpha value is -2.82. The summed E-state index contributed by atoms with van der Waals surface area (Å²) < 4.78 is 6.23. The number of carbonyl (C=O) groups excluding carboxylic acids is 1. The van der Waals surface area contributed by atoms with Crippen LogP contribution in [-0.4, -0.2) is 27.9 Å². The van der Waals surface area contributed by atoms with E-state index >= 15 is 0 Å². The SMILES string of the molecule is COC(=O)c1ccc2c(=O)n(Cc3ccccc3Cl)c(S[C@H](C)C#N)nc2c1. The summed E-state index contributed by atoms with van der Waals surface area (Å²) >= 11 is 7.43. The highest BCUT2D eigenvalue weighted by atomic mass is 35.5. The number of carbonyl (C=O) groups is 1. The molecule has 0 spiro atoms. The number of nitriles is 1. The van der Waals surface area contributed by atoms with Gasteiger partial charge in [-0.2, -0.15) is 5.26 Å². The largest absolute Gasteiger partial charge is 0.465 e. The topological polar surface area (TPSA) is 85.0 Å². The Bertz CT molecular complexity index is 1150. The molecule has 0 bridgehead atoms. The second-order valence-electron chi connectivity index (χ2n) is 5.99. The van der Waals surface area contributed by atoms with Crippen molar-refractivity contribution < 1.29 is 9.53 Å². The van der Waals surface area contributed by atoms with Gasteiger partial charge in [-0.05, 0) is 36.8 Å². The summed E-state index contributed by atoms with van der Waals surface area (Å²) in [6.07, 6.45) is 0. The predicted molar refractivity (Wildman–Crippen MR) is 109 cm³/mol.